The third kappa shape index (κ3) is 3.52. The average molecular weight is 347 g/mol. The van der Waals surface area contributed by atoms with Crippen LogP contribution in [0.25, 0.3) is 0 Å². The van der Waals surface area contributed by atoms with Gasteiger partial charge in [-0.05, 0) is 4.92 Å². The zero-order valence-electron chi connectivity index (χ0n) is 12.6. The number of aromatic nitrogens is 2. The molecular formula is C12H17N3O9. The van der Waals surface area contributed by atoms with Crippen LogP contribution in [0.4, 0.5) is 5.82 Å². The molecule has 4 N–H and O–H groups in total. The SMILES string of the molecule is Cc1ncc([N+](=O)[O-])n1CCO[C@H]1O[C@H](C(=O)O)[C@H](O)[C@@H](O)[C@H]1O. The Morgan fingerprint density at radius 3 is 2.67 bits per heavy atom. The third-order valence-corrected chi connectivity index (χ3v) is 3.63. The van der Waals surface area contributed by atoms with Gasteiger partial charge in [-0.25, -0.2) is 14.3 Å². The maximum absolute atomic E-state index is 11.0. The molecule has 1 aliphatic heterocycles. The van der Waals surface area contributed by atoms with E-state index in [1.165, 1.54) is 4.57 Å². The monoisotopic (exact) mass is 347 g/mol. The maximum atomic E-state index is 11.0. The number of carboxylic acids is 1. The Labute approximate surface area is 135 Å². The van der Waals surface area contributed by atoms with Gasteiger partial charge in [-0.2, -0.15) is 0 Å². The van der Waals surface area contributed by atoms with E-state index in [0.29, 0.717) is 5.82 Å². The van der Waals surface area contributed by atoms with Crippen LogP contribution in [-0.2, 0) is 20.8 Å². The predicted octanol–water partition coefficient (Wildman–Crippen LogP) is -1.99. The largest absolute Gasteiger partial charge is 0.479 e. The number of carboxylic acid groups (broad SMARTS) is 1. The molecule has 5 atom stereocenters. The number of ether oxygens (including phenoxy) is 2. The molecule has 0 aliphatic carbocycles. The van der Waals surface area contributed by atoms with Crippen molar-refractivity contribution >= 4 is 11.8 Å². The van der Waals surface area contributed by atoms with Crippen LogP contribution in [0, 0.1) is 17.0 Å². The molecule has 0 aromatic carbocycles. The van der Waals surface area contributed by atoms with Crippen molar-refractivity contribution < 1.29 is 39.6 Å². The minimum absolute atomic E-state index is 0.00882. The van der Waals surface area contributed by atoms with Gasteiger partial charge in [0.05, 0.1) is 6.61 Å². The van der Waals surface area contributed by atoms with Gasteiger partial charge < -0.3 is 40.0 Å². The summed E-state index contributed by atoms with van der Waals surface area (Å²) in [6, 6.07) is 0. The first-order valence-electron chi connectivity index (χ1n) is 6.94. The van der Waals surface area contributed by atoms with Gasteiger partial charge in [0.15, 0.2) is 18.2 Å². The van der Waals surface area contributed by atoms with E-state index in [1.54, 1.807) is 6.92 Å². The highest BCUT2D eigenvalue weighted by Crippen LogP contribution is 2.22. The summed E-state index contributed by atoms with van der Waals surface area (Å²) in [5.41, 5.74) is 0. The van der Waals surface area contributed by atoms with E-state index < -0.39 is 41.6 Å². The minimum Gasteiger partial charge on any atom is -0.479 e. The lowest BCUT2D eigenvalue weighted by atomic mass is 9.99. The Morgan fingerprint density at radius 2 is 2.08 bits per heavy atom. The van der Waals surface area contributed by atoms with Gasteiger partial charge in [-0.15, -0.1) is 0 Å². The molecule has 134 valence electrons. The van der Waals surface area contributed by atoms with Gasteiger partial charge in [0.2, 0.25) is 0 Å². The number of carbonyl (C=O) groups is 1. The Bertz CT molecular complexity index is 619. The fraction of sp³-hybridized carbons (Fsp3) is 0.667. The summed E-state index contributed by atoms with van der Waals surface area (Å²) in [5.74, 6) is -1.41. The highest BCUT2D eigenvalue weighted by molar-refractivity contribution is 5.73. The van der Waals surface area contributed by atoms with Gasteiger partial charge in [-0.1, -0.05) is 0 Å². The lowest BCUT2D eigenvalue weighted by molar-refractivity contribution is -0.392. The molecule has 0 unspecified atom stereocenters. The molecule has 1 aliphatic rings. The fourth-order valence-corrected chi connectivity index (χ4v) is 2.33. The van der Waals surface area contributed by atoms with Gasteiger partial charge in [-0.3, -0.25) is 0 Å². The number of nitro groups is 1. The topological polar surface area (TPSA) is 177 Å². The van der Waals surface area contributed by atoms with Crippen LogP contribution < -0.4 is 0 Å². The molecule has 1 saturated heterocycles. The highest BCUT2D eigenvalue weighted by atomic mass is 16.7. The summed E-state index contributed by atoms with van der Waals surface area (Å²) in [4.78, 5) is 25.0. The van der Waals surface area contributed by atoms with Crippen LogP contribution in [0.1, 0.15) is 5.82 Å². The Kier molecular flexibility index (Phi) is 5.46. The first-order chi connectivity index (χ1) is 11.2. The second kappa shape index (κ2) is 7.19. The first kappa shape index (κ1) is 18.2. The molecule has 2 heterocycles. The number of aliphatic hydroxyl groups excluding tert-OH is 3. The molecule has 0 bridgehead atoms. The quantitative estimate of drug-likeness (QED) is 0.332. The fourth-order valence-electron chi connectivity index (χ4n) is 2.33. The van der Waals surface area contributed by atoms with Gasteiger partial charge in [0.1, 0.15) is 31.1 Å². The van der Waals surface area contributed by atoms with Gasteiger partial charge in [0.25, 0.3) is 0 Å². The molecule has 1 aromatic heterocycles. The average Bonchev–Trinajstić information content (AvgIpc) is 2.88. The molecule has 24 heavy (non-hydrogen) atoms. The van der Waals surface area contributed by atoms with Crippen LogP contribution in [0.2, 0.25) is 0 Å². The van der Waals surface area contributed by atoms with Crippen molar-refractivity contribution in [2.45, 2.75) is 44.2 Å². The van der Waals surface area contributed by atoms with Crippen LogP contribution in [-0.4, -0.2) is 78.2 Å². The first-order valence-corrected chi connectivity index (χ1v) is 6.94. The van der Waals surface area contributed by atoms with Crippen molar-refractivity contribution in [2.24, 2.45) is 0 Å². The van der Waals surface area contributed by atoms with E-state index in [1.807, 2.05) is 0 Å². The van der Waals surface area contributed by atoms with Crippen molar-refractivity contribution in [3.63, 3.8) is 0 Å². The standard InChI is InChI=1S/C12H17N3O9/c1-5-13-4-6(15(21)22)14(5)2-3-23-12-9(18)7(16)8(17)10(24-12)11(19)20/h4,7-10,12,16-18H,2-3H2,1H3,(H,19,20)/t7-,8-,9-,10+,12+/m1/s1. The number of aryl methyl sites for hydroxylation is 1. The van der Waals surface area contributed by atoms with E-state index in [9.17, 15) is 30.2 Å². The van der Waals surface area contributed by atoms with Crippen LogP contribution in [0.15, 0.2) is 6.20 Å². The normalized spacial score (nSPS) is 30.2. The summed E-state index contributed by atoms with van der Waals surface area (Å²) in [5, 5.41) is 48.8. The molecule has 0 radical (unpaired) electrons. The number of hydrogen-bond acceptors (Lipinski definition) is 9. The van der Waals surface area contributed by atoms with Crippen LogP contribution in [0.3, 0.4) is 0 Å². The summed E-state index contributed by atoms with van der Waals surface area (Å²) >= 11 is 0. The van der Waals surface area contributed by atoms with Crippen LogP contribution >= 0.6 is 0 Å². The Hall–Kier alpha value is -2.12. The van der Waals surface area contributed by atoms with E-state index >= 15 is 0 Å². The molecular weight excluding hydrogens is 330 g/mol. The molecule has 12 heteroatoms. The lowest BCUT2D eigenvalue weighted by Crippen LogP contribution is -2.60. The molecule has 0 amide bonds. The number of rotatable bonds is 6. The molecule has 12 nitrogen and oxygen atoms in total. The van der Waals surface area contributed by atoms with E-state index in [2.05, 4.69) is 4.98 Å². The van der Waals surface area contributed by atoms with Crippen molar-refractivity contribution in [3.05, 3.63) is 22.1 Å². The Morgan fingerprint density at radius 1 is 1.42 bits per heavy atom. The van der Waals surface area contributed by atoms with Crippen molar-refractivity contribution in [2.75, 3.05) is 6.61 Å². The van der Waals surface area contributed by atoms with Crippen LogP contribution in [0.5, 0.6) is 0 Å². The van der Waals surface area contributed by atoms with E-state index in [4.69, 9.17) is 14.6 Å². The van der Waals surface area contributed by atoms with Crippen molar-refractivity contribution in [1.82, 2.24) is 9.55 Å². The molecule has 2 rings (SSSR count). The second-order valence-electron chi connectivity index (χ2n) is 5.18. The number of nitrogens with zero attached hydrogens (tertiary/aromatic N) is 3. The molecule has 1 aromatic rings. The maximum Gasteiger partial charge on any atom is 0.342 e. The highest BCUT2D eigenvalue weighted by Gasteiger charge is 2.47. The summed E-state index contributed by atoms with van der Waals surface area (Å²) in [7, 11) is 0. The minimum atomic E-state index is -1.81. The zero-order valence-corrected chi connectivity index (χ0v) is 12.6. The van der Waals surface area contributed by atoms with E-state index in [-0.39, 0.29) is 19.0 Å². The molecule has 0 saturated carbocycles. The zero-order chi connectivity index (χ0) is 18.0. The number of aliphatic hydroxyl groups is 3. The Balaban J connectivity index is 2.00. The number of hydrogen-bond donors (Lipinski definition) is 4. The third-order valence-electron chi connectivity index (χ3n) is 3.63. The van der Waals surface area contributed by atoms with Crippen molar-refractivity contribution in [3.8, 4) is 0 Å². The summed E-state index contributed by atoms with van der Waals surface area (Å²) < 4.78 is 11.4. The van der Waals surface area contributed by atoms with Gasteiger partial charge >= 0.3 is 11.8 Å². The lowest BCUT2D eigenvalue weighted by Gasteiger charge is -2.38. The summed E-state index contributed by atoms with van der Waals surface area (Å²) in [6.07, 6.45) is -7.44. The second-order valence-corrected chi connectivity index (χ2v) is 5.18. The van der Waals surface area contributed by atoms with E-state index in [0.717, 1.165) is 6.20 Å². The smallest absolute Gasteiger partial charge is 0.342 e. The molecule has 0 spiro atoms. The number of aliphatic carboxylic acids is 1. The predicted molar refractivity (Wildman–Crippen MR) is 73.9 cm³/mol. The van der Waals surface area contributed by atoms with Crippen molar-refractivity contribution in [1.29, 1.82) is 0 Å². The molecule has 1 fully saturated rings. The number of imidazole rings is 1. The summed E-state index contributed by atoms with van der Waals surface area (Å²) in [6.45, 7) is 1.36. The van der Waals surface area contributed by atoms with Gasteiger partial charge in [0, 0.05) is 6.92 Å².